The number of rotatable bonds is 4. The molecule has 122 valence electrons. The minimum atomic E-state index is -0.828. The first-order valence-electron chi connectivity index (χ1n) is 7.49. The molecular formula is C15H18N4O2S2. The van der Waals surface area contributed by atoms with Crippen molar-refractivity contribution in [3.05, 3.63) is 16.8 Å². The zero-order valence-electron chi connectivity index (χ0n) is 13.0. The molecule has 1 aliphatic carbocycles. The summed E-state index contributed by atoms with van der Waals surface area (Å²) < 4.78 is 0. The van der Waals surface area contributed by atoms with Crippen LogP contribution in [-0.2, 0) is 17.6 Å². The van der Waals surface area contributed by atoms with Crippen LogP contribution in [0.2, 0.25) is 0 Å². The van der Waals surface area contributed by atoms with Crippen molar-refractivity contribution >= 4 is 45.3 Å². The molecule has 3 amide bonds. The van der Waals surface area contributed by atoms with E-state index in [1.54, 1.807) is 17.7 Å². The van der Waals surface area contributed by atoms with Gasteiger partial charge in [-0.1, -0.05) is 25.6 Å². The molecule has 0 saturated heterocycles. The Kier molecular flexibility index (Phi) is 4.54. The highest BCUT2D eigenvalue weighted by Crippen LogP contribution is 2.41. The Morgan fingerprint density at radius 2 is 2.13 bits per heavy atom. The topological polar surface area (TPSA) is 98.0 Å². The number of nitrogens with one attached hydrogen (secondary N) is 1. The minimum Gasteiger partial charge on any atom is -0.351 e. The Balaban J connectivity index is 1.96. The monoisotopic (exact) mass is 350 g/mol. The van der Waals surface area contributed by atoms with Gasteiger partial charge in [0.1, 0.15) is 16.2 Å². The van der Waals surface area contributed by atoms with Gasteiger partial charge in [0.05, 0.1) is 5.25 Å². The fraction of sp³-hybridized carbons (Fsp3) is 0.467. The highest BCUT2D eigenvalue weighted by molar-refractivity contribution is 8.00. The number of amides is 3. The third-order valence-electron chi connectivity index (χ3n) is 3.82. The Hall–Kier alpha value is -1.67. The number of nitrogens with zero attached hydrogens (tertiary/aromatic N) is 2. The lowest BCUT2D eigenvalue weighted by molar-refractivity contribution is -0.120. The quantitative estimate of drug-likeness (QED) is 0.652. The van der Waals surface area contributed by atoms with Crippen molar-refractivity contribution < 1.29 is 9.59 Å². The van der Waals surface area contributed by atoms with Gasteiger partial charge in [-0.2, -0.15) is 0 Å². The van der Waals surface area contributed by atoms with Crippen molar-refractivity contribution in [1.29, 1.82) is 0 Å². The zero-order chi connectivity index (χ0) is 16.6. The molecule has 0 saturated carbocycles. The summed E-state index contributed by atoms with van der Waals surface area (Å²) in [6, 6.07) is -0.828. The van der Waals surface area contributed by atoms with Crippen molar-refractivity contribution in [2.45, 2.75) is 43.4 Å². The lowest BCUT2D eigenvalue weighted by Crippen LogP contribution is -2.42. The van der Waals surface area contributed by atoms with Gasteiger partial charge in [0.2, 0.25) is 5.91 Å². The average molecular weight is 350 g/mol. The molecule has 0 fully saturated rings. The van der Waals surface area contributed by atoms with E-state index in [1.807, 2.05) is 13.8 Å². The van der Waals surface area contributed by atoms with Crippen molar-refractivity contribution in [3.8, 4) is 0 Å². The molecule has 0 spiro atoms. The van der Waals surface area contributed by atoms with Gasteiger partial charge in [-0.25, -0.2) is 14.8 Å². The highest BCUT2D eigenvalue weighted by atomic mass is 32.2. The number of thiophene rings is 1. The van der Waals surface area contributed by atoms with Crippen molar-refractivity contribution in [3.63, 3.8) is 0 Å². The van der Waals surface area contributed by atoms with E-state index in [0.29, 0.717) is 0 Å². The highest BCUT2D eigenvalue weighted by Gasteiger charge is 2.28. The third-order valence-corrected chi connectivity index (χ3v) is 6.56. The fourth-order valence-corrected chi connectivity index (χ4v) is 5.21. The van der Waals surface area contributed by atoms with Gasteiger partial charge in [-0.05, 0) is 30.7 Å². The van der Waals surface area contributed by atoms with E-state index in [4.69, 9.17) is 5.73 Å². The molecule has 0 bridgehead atoms. The lowest BCUT2D eigenvalue weighted by atomic mass is 10.1. The number of hydrogen-bond donors (Lipinski definition) is 2. The molecule has 8 heteroatoms. The average Bonchev–Trinajstić information content (AvgIpc) is 3.03. The van der Waals surface area contributed by atoms with E-state index < -0.39 is 11.3 Å². The summed E-state index contributed by atoms with van der Waals surface area (Å²) >= 11 is 3.10. The molecule has 3 rings (SSSR count). The van der Waals surface area contributed by atoms with Crippen molar-refractivity contribution in [1.82, 2.24) is 15.3 Å². The smallest absolute Gasteiger partial charge is 0.318 e. The number of primary amides is 1. The molecule has 0 aromatic carbocycles. The maximum absolute atomic E-state index is 12.2. The summed E-state index contributed by atoms with van der Waals surface area (Å²) in [6.07, 6.45) is 4.83. The number of carbonyl (C=O) groups excluding carboxylic acids is 2. The minimum absolute atomic E-state index is 0.0380. The molecule has 0 unspecified atom stereocenters. The van der Waals surface area contributed by atoms with Gasteiger partial charge in [0, 0.05) is 10.3 Å². The van der Waals surface area contributed by atoms with Gasteiger partial charge >= 0.3 is 6.03 Å². The number of imide groups is 1. The fourth-order valence-electron chi connectivity index (χ4n) is 2.79. The summed E-state index contributed by atoms with van der Waals surface area (Å²) in [7, 11) is 0. The van der Waals surface area contributed by atoms with E-state index in [1.165, 1.54) is 22.2 Å². The normalized spacial score (nSPS) is 14.9. The summed E-state index contributed by atoms with van der Waals surface area (Å²) in [5.41, 5.74) is 6.39. The standard InChI is InChI=1S/C15H18N4O2S2/c1-7(2)11(12(20)19-15(16)21)23-14-10-8-4-3-5-9(8)22-13(10)17-6-18-14/h6-7,11H,3-5H2,1-2H3,(H3,16,19,20,21)/t11-/m0/s1. The van der Waals surface area contributed by atoms with E-state index in [2.05, 4.69) is 15.3 Å². The summed E-state index contributed by atoms with van der Waals surface area (Å²) in [5, 5.41) is 3.63. The van der Waals surface area contributed by atoms with E-state index >= 15 is 0 Å². The number of hydrogen-bond acceptors (Lipinski definition) is 6. The molecule has 23 heavy (non-hydrogen) atoms. The number of aryl methyl sites for hydroxylation is 2. The molecule has 1 aliphatic rings. The lowest BCUT2D eigenvalue weighted by Gasteiger charge is -2.18. The number of aromatic nitrogens is 2. The second kappa shape index (κ2) is 6.45. The SMILES string of the molecule is CC(C)[C@H](Sc1ncnc2sc3c(c12)CCC3)C(=O)NC(N)=O. The van der Waals surface area contributed by atoms with Gasteiger partial charge in [-0.3, -0.25) is 10.1 Å². The van der Waals surface area contributed by atoms with E-state index in [9.17, 15) is 9.59 Å². The molecular weight excluding hydrogens is 332 g/mol. The Labute approximate surface area is 142 Å². The van der Waals surface area contributed by atoms with Gasteiger partial charge in [0.25, 0.3) is 0 Å². The Morgan fingerprint density at radius 3 is 2.83 bits per heavy atom. The molecule has 0 aliphatic heterocycles. The van der Waals surface area contributed by atoms with Crippen molar-refractivity contribution in [2.75, 3.05) is 0 Å². The van der Waals surface area contributed by atoms with Crippen LogP contribution in [0.1, 0.15) is 30.7 Å². The zero-order valence-corrected chi connectivity index (χ0v) is 14.6. The number of urea groups is 1. The molecule has 2 aromatic heterocycles. The maximum Gasteiger partial charge on any atom is 0.318 e. The van der Waals surface area contributed by atoms with E-state index in [0.717, 1.165) is 34.5 Å². The summed E-state index contributed by atoms with van der Waals surface area (Å²) in [5.74, 6) is -0.341. The van der Waals surface area contributed by atoms with Crippen LogP contribution in [0.15, 0.2) is 11.4 Å². The first kappa shape index (κ1) is 16.2. The first-order valence-corrected chi connectivity index (χ1v) is 9.19. The second-order valence-corrected chi connectivity index (χ2v) is 8.07. The second-order valence-electron chi connectivity index (χ2n) is 5.85. The predicted octanol–water partition coefficient (Wildman–Crippen LogP) is 2.49. The number of nitrogens with two attached hydrogens (primary N) is 1. The molecule has 0 radical (unpaired) electrons. The van der Waals surface area contributed by atoms with Crippen LogP contribution >= 0.6 is 23.1 Å². The van der Waals surface area contributed by atoms with Crippen LogP contribution in [0.25, 0.3) is 10.2 Å². The first-order chi connectivity index (χ1) is 11.0. The van der Waals surface area contributed by atoms with Crippen LogP contribution < -0.4 is 11.1 Å². The molecule has 1 atom stereocenters. The number of carbonyl (C=O) groups is 2. The van der Waals surface area contributed by atoms with Gasteiger partial charge < -0.3 is 5.73 Å². The van der Waals surface area contributed by atoms with Crippen LogP contribution in [0, 0.1) is 5.92 Å². The summed E-state index contributed by atoms with van der Waals surface area (Å²) in [4.78, 5) is 34.3. The van der Waals surface area contributed by atoms with Crippen LogP contribution in [0.3, 0.4) is 0 Å². The Bertz CT molecular complexity index is 772. The third kappa shape index (κ3) is 3.18. The van der Waals surface area contributed by atoms with Crippen molar-refractivity contribution in [2.24, 2.45) is 11.7 Å². The van der Waals surface area contributed by atoms with Gasteiger partial charge in [-0.15, -0.1) is 11.3 Å². The van der Waals surface area contributed by atoms with Gasteiger partial charge in [0.15, 0.2) is 0 Å². The predicted molar refractivity (Wildman–Crippen MR) is 91.6 cm³/mol. The van der Waals surface area contributed by atoms with Crippen LogP contribution in [-0.4, -0.2) is 27.2 Å². The molecule has 3 N–H and O–H groups in total. The summed E-state index contributed by atoms with van der Waals surface area (Å²) in [6.45, 7) is 3.88. The Morgan fingerprint density at radius 1 is 1.35 bits per heavy atom. The molecule has 2 heterocycles. The number of fused-ring (bicyclic) bond motifs is 3. The van der Waals surface area contributed by atoms with Crippen LogP contribution in [0.5, 0.6) is 0 Å². The van der Waals surface area contributed by atoms with E-state index in [-0.39, 0.29) is 11.8 Å². The number of thioether (sulfide) groups is 1. The molecule has 2 aromatic rings. The van der Waals surface area contributed by atoms with Crippen LogP contribution in [0.4, 0.5) is 4.79 Å². The molecule has 6 nitrogen and oxygen atoms in total. The largest absolute Gasteiger partial charge is 0.351 e. The maximum atomic E-state index is 12.2.